The first-order valence-electron chi connectivity index (χ1n) is 8.50. The molecule has 1 aliphatic heterocycles. The summed E-state index contributed by atoms with van der Waals surface area (Å²) in [5, 5.41) is 4.76. The van der Waals surface area contributed by atoms with E-state index in [4.69, 9.17) is 10.5 Å². The van der Waals surface area contributed by atoms with Gasteiger partial charge in [-0.2, -0.15) is 0 Å². The van der Waals surface area contributed by atoms with Crippen molar-refractivity contribution in [3.8, 4) is 5.69 Å². The van der Waals surface area contributed by atoms with Gasteiger partial charge in [-0.05, 0) is 51.5 Å². The Morgan fingerprint density at radius 1 is 1.14 bits per heavy atom. The maximum Gasteiger partial charge on any atom is 0.412 e. The van der Waals surface area contributed by atoms with Crippen LogP contribution >= 0.6 is 0 Å². The molecule has 0 aliphatic carbocycles. The number of amides is 3. The number of aromatic nitrogens is 1. The van der Waals surface area contributed by atoms with E-state index < -0.39 is 29.1 Å². The highest BCUT2D eigenvalue weighted by molar-refractivity contribution is 6.23. The van der Waals surface area contributed by atoms with Crippen molar-refractivity contribution in [1.29, 1.82) is 0 Å². The first-order chi connectivity index (χ1) is 13.0. The summed E-state index contributed by atoms with van der Waals surface area (Å²) in [5.41, 5.74) is 6.31. The second-order valence-electron chi connectivity index (χ2n) is 7.40. The fraction of sp³-hybridized carbons (Fsp3) is 0.263. The number of hydrogen-bond acceptors (Lipinski definition) is 6. The Morgan fingerprint density at radius 2 is 1.82 bits per heavy atom. The van der Waals surface area contributed by atoms with Gasteiger partial charge in [-0.25, -0.2) is 4.79 Å². The molecule has 0 spiro atoms. The summed E-state index contributed by atoms with van der Waals surface area (Å²) in [6.07, 6.45) is -0.604. The van der Waals surface area contributed by atoms with Crippen LogP contribution in [-0.4, -0.2) is 28.1 Å². The highest BCUT2D eigenvalue weighted by Crippen LogP contribution is 2.25. The number of nitrogens with one attached hydrogen (secondary N) is 2. The molecule has 0 unspecified atom stereocenters. The van der Waals surface area contributed by atoms with Gasteiger partial charge in [-0.15, -0.1) is 0 Å². The molecule has 146 valence electrons. The molecule has 0 saturated heterocycles. The van der Waals surface area contributed by atoms with Crippen molar-refractivity contribution in [2.75, 3.05) is 11.1 Å². The Hall–Kier alpha value is -3.62. The molecule has 4 N–H and O–H groups in total. The van der Waals surface area contributed by atoms with Gasteiger partial charge in [-0.1, -0.05) is 0 Å². The summed E-state index contributed by atoms with van der Waals surface area (Å²) in [7, 11) is 0. The van der Waals surface area contributed by atoms with Gasteiger partial charge in [0.1, 0.15) is 11.4 Å². The lowest BCUT2D eigenvalue weighted by atomic mass is 10.1. The number of imide groups is 1. The van der Waals surface area contributed by atoms with Crippen LogP contribution in [0, 0.1) is 6.92 Å². The molecule has 1 aromatic heterocycles. The summed E-state index contributed by atoms with van der Waals surface area (Å²) >= 11 is 0. The monoisotopic (exact) mass is 384 g/mol. The molecule has 1 aliphatic rings. The molecule has 0 fully saturated rings. The number of aryl methyl sites for hydroxylation is 1. The smallest absolute Gasteiger partial charge is 0.412 e. The Labute approximate surface area is 160 Å². The SMILES string of the molecule is Cc1cc(-n2c(N)c3c(cc2=O)C(=O)NC3=O)ccc1NC(=O)OC(C)(C)C. The number of carbonyl (C=O) groups is 3. The van der Waals surface area contributed by atoms with Crippen LogP contribution in [0.4, 0.5) is 16.3 Å². The van der Waals surface area contributed by atoms with Gasteiger partial charge in [0, 0.05) is 11.8 Å². The van der Waals surface area contributed by atoms with Crippen molar-refractivity contribution in [2.24, 2.45) is 0 Å². The lowest BCUT2D eigenvalue weighted by Gasteiger charge is -2.20. The average molecular weight is 384 g/mol. The van der Waals surface area contributed by atoms with Crippen LogP contribution in [0.15, 0.2) is 29.1 Å². The van der Waals surface area contributed by atoms with Crippen molar-refractivity contribution in [3.05, 3.63) is 51.3 Å². The van der Waals surface area contributed by atoms with E-state index in [1.807, 2.05) is 0 Å². The van der Waals surface area contributed by atoms with E-state index in [1.165, 1.54) is 0 Å². The van der Waals surface area contributed by atoms with E-state index in [9.17, 15) is 19.2 Å². The highest BCUT2D eigenvalue weighted by Gasteiger charge is 2.31. The van der Waals surface area contributed by atoms with Crippen LogP contribution in [0.2, 0.25) is 0 Å². The van der Waals surface area contributed by atoms with Crippen molar-refractivity contribution < 1.29 is 19.1 Å². The Morgan fingerprint density at radius 3 is 2.43 bits per heavy atom. The van der Waals surface area contributed by atoms with Crippen LogP contribution in [0.25, 0.3) is 5.69 Å². The summed E-state index contributed by atoms with van der Waals surface area (Å²) in [4.78, 5) is 48.1. The molecule has 0 bridgehead atoms. The zero-order valence-corrected chi connectivity index (χ0v) is 15.9. The number of hydrogen-bond donors (Lipinski definition) is 3. The standard InChI is InChI=1S/C19H20N4O5/c1-9-7-10(5-6-12(9)21-18(27)28-19(2,3)4)23-13(24)8-11-14(15(23)20)17(26)22-16(11)25/h5-8H,20H2,1-4H3,(H,21,27)(H,22,25,26). The number of carbonyl (C=O) groups excluding carboxylic acids is 3. The van der Waals surface area contributed by atoms with Gasteiger partial charge in [0.15, 0.2) is 0 Å². The van der Waals surface area contributed by atoms with Crippen LogP contribution < -0.4 is 21.9 Å². The highest BCUT2D eigenvalue weighted by atomic mass is 16.6. The third-order valence-electron chi connectivity index (χ3n) is 4.06. The van der Waals surface area contributed by atoms with E-state index in [2.05, 4.69) is 10.6 Å². The molecule has 2 aromatic rings. The molecule has 3 rings (SSSR count). The molecule has 0 radical (unpaired) electrons. The number of nitrogen functional groups attached to an aromatic ring is 1. The maximum absolute atomic E-state index is 12.5. The number of ether oxygens (including phenoxy) is 1. The molecule has 28 heavy (non-hydrogen) atoms. The molecular formula is C19H20N4O5. The van der Waals surface area contributed by atoms with Crippen molar-refractivity contribution >= 4 is 29.4 Å². The van der Waals surface area contributed by atoms with Gasteiger partial charge in [0.25, 0.3) is 17.4 Å². The summed E-state index contributed by atoms with van der Waals surface area (Å²) in [6.45, 7) is 7.01. The summed E-state index contributed by atoms with van der Waals surface area (Å²) in [5.74, 6) is -1.42. The predicted molar refractivity (Wildman–Crippen MR) is 103 cm³/mol. The number of nitrogens with zero attached hydrogens (tertiary/aromatic N) is 1. The van der Waals surface area contributed by atoms with Gasteiger partial charge in [0.2, 0.25) is 0 Å². The third-order valence-corrected chi connectivity index (χ3v) is 4.06. The van der Waals surface area contributed by atoms with Gasteiger partial charge in [0.05, 0.1) is 16.8 Å². The van der Waals surface area contributed by atoms with Crippen molar-refractivity contribution in [1.82, 2.24) is 9.88 Å². The minimum Gasteiger partial charge on any atom is -0.444 e. The maximum atomic E-state index is 12.5. The number of anilines is 2. The zero-order chi connectivity index (χ0) is 20.8. The summed E-state index contributed by atoms with van der Waals surface area (Å²) < 4.78 is 6.36. The number of nitrogens with two attached hydrogens (primary N) is 1. The Balaban J connectivity index is 1.99. The molecule has 1 aromatic carbocycles. The average Bonchev–Trinajstić information content (AvgIpc) is 2.82. The number of fused-ring (bicyclic) bond motifs is 1. The van der Waals surface area contributed by atoms with Gasteiger partial charge < -0.3 is 10.5 Å². The minimum atomic E-state index is -0.649. The quantitative estimate of drug-likeness (QED) is 0.678. The van der Waals surface area contributed by atoms with E-state index in [0.29, 0.717) is 16.9 Å². The van der Waals surface area contributed by atoms with E-state index in [-0.39, 0.29) is 16.9 Å². The number of benzene rings is 1. The molecular weight excluding hydrogens is 364 g/mol. The van der Waals surface area contributed by atoms with E-state index >= 15 is 0 Å². The molecule has 9 nitrogen and oxygen atoms in total. The fourth-order valence-electron chi connectivity index (χ4n) is 2.89. The van der Waals surface area contributed by atoms with Crippen LogP contribution in [0.5, 0.6) is 0 Å². The number of rotatable bonds is 2. The third kappa shape index (κ3) is 3.46. The second kappa shape index (κ2) is 6.52. The van der Waals surface area contributed by atoms with Crippen molar-refractivity contribution in [2.45, 2.75) is 33.3 Å². The first-order valence-corrected chi connectivity index (χ1v) is 8.50. The molecule has 0 saturated carbocycles. The Kier molecular flexibility index (Phi) is 4.46. The lowest BCUT2D eigenvalue weighted by Crippen LogP contribution is -2.27. The van der Waals surface area contributed by atoms with Gasteiger partial charge >= 0.3 is 6.09 Å². The Bertz CT molecular complexity index is 1080. The van der Waals surface area contributed by atoms with Crippen LogP contribution in [0.1, 0.15) is 47.1 Å². The largest absolute Gasteiger partial charge is 0.444 e. The number of pyridine rings is 1. The molecule has 2 heterocycles. The first kappa shape index (κ1) is 19.2. The van der Waals surface area contributed by atoms with Crippen LogP contribution in [-0.2, 0) is 4.74 Å². The summed E-state index contributed by atoms with van der Waals surface area (Å²) in [6, 6.07) is 5.87. The lowest BCUT2D eigenvalue weighted by molar-refractivity contribution is 0.0635. The normalized spacial score (nSPS) is 13.1. The van der Waals surface area contributed by atoms with E-state index in [0.717, 1.165) is 10.6 Å². The predicted octanol–water partition coefficient (Wildman–Crippen LogP) is 1.96. The zero-order valence-electron chi connectivity index (χ0n) is 15.9. The molecule has 9 heteroatoms. The molecule has 3 amide bonds. The second-order valence-corrected chi connectivity index (χ2v) is 7.40. The molecule has 0 atom stereocenters. The topological polar surface area (TPSA) is 133 Å². The minimum absolute atomic E-state index is 0.0294. The van der Waals surface area contributed by atoms with Crippen LogP contribution in [0.3, 0.4) is 0 Å². The van der Waals surface area contributed by atoms with E-state index in [1.54, 1.807) is 45.9 Å². The van der Waals surface area contributed by atoms with Crippen molar-refractivity contribution in [3.63, 3.8) is 0 Å². The van der Waals surface area contributed by atoms with Gasteiger partial charge in [-0.3, -0.25) is 29.6 Å². The fourth-order valence-corrected chi connectivity index (χ4v) is 2.89.